The minimum atomic E-state index is -2.17. The fourth-order valence-corrected chi connectivity index (χ4v) is 11.4. The van der Waals surface area contributed by atoms with Crippen LogP contribution in [0.2, 0.25) is 0 Å². The summed E-state index contributed by atoms with van der Waals surface area (Å²) in [4.78, 5) is 187. The topological polar surface area (TPSA) is 516 Å². The van der Waals surface area contributed by atoms with Gasteiger partial charge in [0.25, 0.3) is 0 Å². The monoisotopic (exact) mass is 1400 g/mol. The molecular formula is C65H115N13O20. The number of nitrogens with zero attached hydrogens (tertiary/aromatic N) is 2. The number of unbranched alkanes of at least 4 members (excludes halogenated alkanes) is 4. The van der Waals surface area contributed by atoms with E-state index in [9.17, 15) is 98.1 Å². The molecule has 2 rings (SSSR count). The first-order valence-corrected chi connectivity index (χ1v) is 34.2. The summed E-state index contributed by atoms with van der Waals surface area (Å²) in [7, 11) is 1.13. The van der Waals surface area contributed by atoms with Gasteiger partial charge in [-0.25, -0.2) is 0 Å². The molecule has 2 aliphatic heterocycles. The van der Waals surface area contributed by atoms with E-state index >= 15 is 0 Å². The van der Waals surface area contributed by atoms with Gasteiger partial charge in [-0.3, -0.25) is 62.3 Å². The van der Waals surface area contributed by atoms with Gasteiger partial charge in [0.05, 0.1) is 37.1 Å². The van der Waals surface area contributed by atoms with E-state index in [1.807, 2.05) is 6.92 Å². The Bertz CT molecular complexity index is 2700. The van der Waals surface area contributed by atoms with Gasteiger partial charge < -0.3 is 104 Å². The minimum absolute atomic E-state index is 0.0942. The molecule has 0 aliphatic carbocycles. The van der Waals surface area contributed by atoms with Crippen LogP contribution in [0.25, 0.3) is 0 Å². The molecule has 19 N–H and O–H groups in total. The van der Waals surface area contributed by atoms with Gasteiger partial charge in [-0.2, -0.15) is 0 Å². The Balaban J connectivity index is 2.98. The van der Waals surface area contributed by atoms with Crippen molar-refractivity contribution in [2.24, 2.45) is 35.3 Å². The highest BCUT2D eigenvalue weighted by atomic mass is 16.3. The smallest absolute Gasteiger partial charge is 0.248 e. The number of hydrogen-bond donors (Lipinski definition) is 18. The molecule has 2 saturated heterocycles. The van der Waals surface area contributed by atoms with Gasteiger partial charge in [0.2, 0.25) is 76.8 Å². The van der Waals surface area contributed by atoms with Gasteiger partial charge >= 0.3 is 0 Å². The van der Waals surface area contributed by atoms with Crippen molar-refractivity contribution < 1.29 is 98.1 Å². The first-order chi connectivity index (χ1) is 45.6. The van der Waals surface area contributed by atoms with Crippen molar-refractivity contribution in [1.29, 1.82) is 0 Å². The average molecular weight is 1400 g/mol. The van der Waals surface area contributed by atoms with Crippen molar-refractivity contribution >= 4 is 76.8 Å². The van der Waals surface area contributed by atoms with Crippen LogP contribution in [0.4, 0.5) is 0 Å². The van der Waals surface area contributed by atoms with E-state index in [1.54, 1.807) is 34.6 Å². The van der Waals surface area contributed by atoms with Crippen molar-refractivity contribution in [1.82, 2.24) is 63.0 Å². The molecule has 19 atom stereocenters. The SMILES string of the molecule is CCCCCCC[C@@H]1CC(=O)N[C@@H](C(C)C)C(=O)NC([C@@H](O)C(C)C)C(=O)N[C@@H](C)C(=O)N[C@H]([C@@H](O)C(C)C)C(=O)N[C@H](CCC(N)=O)C(=O)N(C)[C@@H](C(C)CC)C(=O)N[C@H]([C@@H](O)CO)C(=O)N[C@@H]([C@@H](C)O)C(=O)N2C[C@H](O)C[C@H]2C(=O)N[C@H](CC(C)C)C(=O)N[C@@H]([C@@H](C)O)C(=O)N1. The van der Waals surface area contributed by atoms with Crippen LogP contribution in [0.15, 0.2) is 0 Å². The number of aliphatic hydroxyl groups excluding tert-OH is 7. The van der Waals surface area contributed by atoms with E-state index < -0.39 is 248 Å². The second-order valence-electron chi connectivity index (χ2n) is 27.7. The molecule has 0 aromatic rings. The number of fused-ring (bicyclic) bond motifs is 1. The Morgan fingerprint density at radius 1 is 0.541 bits per heavy atom. The summed E-state index contributed by atoms with van der Waals surface area (Å²) in [6.07, 6.45) is -8.27. The molecule has 2 aliphatic rings. The molecule has 0 aromatic carbocycles. The van der Waals surface area contributed by atoms with E-state index in [1.165, 1.54) is 48.5 Å². The molecule has 0 bridgehead atoms. The number of rotatable bonds is 22. The van der Waals surface area contributed by atoms with E-state index in [0.717, 1.165) is 43.0 Å². The standard InChI is InChI=1S/C65H115N13O20/c1-16-18-19-20-21-22-38-26-45(85)71-46(31(5)6)58(91)76-50(53(86)32(7)8)61(94)67-35(12)55(88)75-51(54(87)33(9)10)62(95)69-40(23-24-44(66)84)64(97)77(15)52(34(11)17-2)63(96)74-49(43(83)29-79)60(93)73-48(37(14)81)65(98)78-28-39(82)27-42(78)57(90)70-41(25-30(3)4)56(89)72-47(36(13)80)59(92)68-38/h30-43,46-54,79-83,86-87H,16-29H2,1-15H3,(H2,66,84)(H,67,94)(H,68,92)(H,69,95)(H,70,90)(H,71,85)(H,72,89)(H,73,93)(H,74,96)(H,75,88)(H,76,91)/t34?,35-,36+,37+,38+,39+,40+,41+,42-,43-,46-,47-,48-,49+,50?,51+,52-,53-,54-/m0/s1. The molecule has 13 amide bonds. The second kappa shape index (κ2) is 41.4. The molecule has 0 radical (unpaired) electrons. The van der Waals surface area contributed by atoms with Crippen molar-refractivity contribution in [3.8, 4) is 0 Å². The van der Waals surface area contributed by atoms with Crippen LogP contribution in [0.3, 0.4) is 0 Å². The number of carbonyl (C=O) groups is 13. The van der Waals surface area contributed by atoms with E-state index in [-0.39, 0.29) is 25.2 Å². The van der Waals surface area contributed by atoms with Crippen molar-refractivity contribution in [2.45, 2.75) is 283 Å². The number of likely N-dealkylation sites (N-methyl/N-ethyl adjacent to an activating group) is 1. The number of hydrogen-bond acceptors (Lipinski definition) is 20. The summed E-state index contributed by atoms with van der Waals surface area (Å²) in [5, 5.41) is 102. The number of nitrogens with one attached hydrogen (secondary N) is 10. The summed E-state index contributed by atoms with van der Waals surface area (Å²) in [5.74, 6) is -17.2. The fourth-order valence-electron chi connectivity index (χ4n) is 11.4. The summed E-state index contributed by atoms with van der Waals surface area (Å²) in [5.41, 5.74) is 5.50. The molecule has 33 heteroatoms. The second-order valence-corrected chi connectivity index (χ2v) is 27.7. The largest absolute Gasteiger partial charge is 0.394 e. The lowest BCUT2D eigenvalue weighted by atomic mass is 9.94. The molecule has 0 spiro atoms. The zero-order valence-electron chi connectivity index (χ0n) is 59.6. The Hall–Kier alpha value is -7.17. The highest BCUT2D eigenvalue weighted by Crippen LogP contribution is 2.23. The van der Waals surface area contributed by atoms with Gasteiger partial charge in [-0.1, -0.05) is 115 Å². The lowest BCUT2D eigenvalue weighted by Crippen LogP contribution is -2.65. The molecule has 98 heavy (non-hydrogen) atoms. The maximum atomic E-state index is 14.7. The Morgan fingerprint density at radius 2 is 1.03 bits per heavy atom. The highest BCUT2D eigenvalue weighted by molar-refractivity contribution is 6.00. The van der Waals surface area contributed by atoms with Crippen LogP contribution in [0.5, 0.6) is 0 Å². The summed E-state index contributed by atoms with van der Waals surface area (Å²) in [6, 6.07) is -20.1. The molecule has 2 fully saturated rings. The highest BCUT2D eigenvalue weighted by Gasteiger charge is 2.47. The zero-order chi connectivity index (χ0) is 74.9. The first kappa shape index (κ1) is 86.9. The molecule has 2 unspecified atom stereocenters. The minimum Gasteiger partial charge on any atom is -0.394 e. The lowest BCUT2D eigenvalue weighted by molar-refractivity contribution is -0.147. The van der Waals surface area contributed by atoms with Crippen molar-refractivity contribution in [3.63, 3.8) is 0 Å². The number of primary amides is 1. The molecule has 2 heterocycles. The normalized spacial score (nSPS) is 28.7. The predicted octanol–water partition coefficient (Wildman–Crippen LogP) is -4.43. The molecule has 0 aromatic heterocycles. The van der Waals surface area contributed by atoms with Crippen molar-refractivity contribution in [3.05, 3.63) is 0 Å². The predicted molar refractivity (Wildman–Crippen MR) is 356 cm³/mol. The van der Waals surface area contributed by atoms with Gasteiger partial charge in [-0.15, -0.1) is 0 Å². The van der Waals surface area contributed by atoms with Crippen LogP contribution in [0, 0.1) is 29.6 Å². The van der Waals surface area contributed by atoms with Gasteiger partial charge in [-0.05, 0) is 69.6 Å². The zero-order valence-corrected chi connectivity index (χ0v) is 59.6. The van der Waals surface area contributed by atoms with Crippen molar-refractivity contribution in [2.75, 3.05) is 20.2 Å². The van der Waals surface area contributed by atoms with Gasteiger partial charge in [0.1, 0.15) is 72.6 Å². The Kier molecular flexibility index (Phi) is 36.7. The first-order valence-electron chi connectivity index (χ1n) is 34.2. The number of amides is 13. The molecule has 560 valence electrons. The Morgan fingerprint density at radius 3 is 1.54 bits per heavy atom. The maximum absolute atomic E-state index is 14.7. The summed E-state index contributed by atoms with van der Waals surface area (Å²) < 4.78 is 0. The van der Waals surface area contributed by atoms with Crippen LogP contribution >= 0.6 is 0 Å². The van der Waals surface area contributed by atoms with Crippen LogP contribution in [-0.4, -0.2) is 252 Å². The van der Waals surface area contributed by atoms with Crippen LogP contribution < -0.4 is 58.9 Å². The fraction of sp³-hybridized carbons (Fsp3) is 0.800. The Labute approximate surface area is 574 Å². The maximum Gasteiger partial charge on any atom is 0.248 e. The van der Waals surface area contributed by atoms with Crippen LogP contribution in [-0.2, 0) is 62.3 Å². The molecule has 0 saturated carbocycles. The average Bonchev–Trinajstić information content (AvgIpc) is 1.56. The molecular weight excluding hydrogens is 1280 g/mol. The lowest BCUT2D eigenvalue weighted by Gasteiger charge is -2.36. The number of nitrogens with two attached hydrogens (primary N) is 1. The third-order valence-electron chi connectivity index (χ3n) is 17.6. The third kappa shape index (κ3) is 26.5. The number of aliphatic hydroxyl groups is 7. The number of carbonyl (C=O) groups excluding carboxylic acids is 13. The van der Waals surface area contributed by atoms with E-state index in [2.05, 4.69) is 53.2 Å². The quantitative estimate of drug-likeness (QED) is 0.0455. The summed E-state index contributed by atoms with van der Waals surface area (Å²) in [6.45, 7) is 19.5. The van der Waals surface area contributed by atoms with Gasteiger partial charge in [0, 0.05) is 38.9 Å². The van der Waals surface area contributed by atoms with E-state index in [4.69, 9.17) is 5.73 Å². The summed E-state index contributed by atoms with van der Waals surface area (Å²) >= 11 is 0. The molecule has 33 nitrogen and oxygen atoms in total. The third-order valence-corrected chi connectivity index (χ3v) is 17.6. The van der Waals surface area contributed by atoms with Crippen LogP contribution in [0.1, 0.15) is 174 Å². The van der Waals surface area contributed by atoms with Gasteiger partial charge in [0.15, 0.2) is 0 Å². The van der Waals surface area contributed by atoms with E-state index in [0.29, 0.717) is 12.8 Å².